The zero-order valence-corrected chi connectivity index (χ0v) is 13.9. The van der Waals surface area contributed by atoms with Gasteiger partial charge in [-0.05, 0) is 30.5 Å². The fourth-order valence-electron chi connectivity index (χ4n) is 3.75. The summed E-state index contributed by atoms with van der Waals surface area (Å²) in [5, 5.41) is 4.99. The van der Waals surface area contributed by atoms with Crippen LogP contribution in [0.4, 0.5) is 5.69 Å². The van der Waals surface area contributed by atoms with E-state index in [1.165, 1.54) is 4.90 Å². The Morgan fingerprint density at radius 2 is 1.67 bits per heavy atom. The lowest BCUT2D eigenvalue weighted by atomic mass is 9.81. The maximum atomic E-state index is 12.6. The van der Waals surface area contributed by atoms with Gasteiger partial charge in [-0.1, -0.05) is 36.6 Å². The standard InChI is InChI=1S/C18H18ClN3O2/c19-13-7-5-12(6-8-13)10-21-11-14(9-20-21)22-17(23)15-3-1-2-4-16(15)18(22)24/h5-9,11,15-16H,1-4,10H2/t15-,16+. The van der Waals surface area contributed by atoms with Gasteiger partial charge >= 0.3 is 0 Å². The third-order valence-electron chi connectivity index (χ3n) is 4.98. The van der Waals surface area contributed by atoms with E-state index in [2.05, 4.69) is 5.10 Å². The second-order valence-electron chi connectivity index (χ2n) is 6.53. The molecule has 24 heavy (non-hydrogen) atoms. The molecule has 1 saturated heterocycles. The quantitative estimate of drug-likeness (QED) is 0.804. The normalized spacial score (nSPS) is 23.6. The Kier molecular flexibility index (Phi) is 3.88. The molecule has 0 spiro atoms. The van der Waals surface area contributed by atoms with Gasteiger partial charge in [-0.15, -0.1) is 0 Å². The summed E-state index contributed by atoms with van der Waals surface area (Å²) in [5.41, 5.74) is 1.63. The van der Waals surface area contributed by atoms with E-state index in [1.54, 1.807) is 17.1 Å². The molecule has 1 aliphatic carbocycles. The summed E-state index contributed by atoms with van der Waals surface area (Å²) in [6.45, 7) is 0.570. The molecule has 2 aliphatic rings. The van der Waals surface area contributed by atoms with Gasteiger partial charge in [0.2, 0.25) is 11.8 Å². The van der Waals surface area contributed by atoms with Crippen LogP contribution in [0.15, 0.2) is 36.7 Å². The van der Waals surface area contributed by atoms with Gasteiger partial charge in [-0.25, -0.2) is 4.90 Å². The van der Waals surface area contributed by atoms with Crippen molar-refractivity contribution in [2.75, 3.05) is 4.90 Å². The number of rotatable bonds is 3. The van der Waals surface area contributed by atoms with E-state index in [9.17, 15) is 9.59 Å². The number of hydrogen-bond donors (Lipinski definition) is 0. The van der Waals surface area contributed by atoms with Gasteiger partial charge in [0.05, 0.1) is 30.3 Å². The first-order valence-corrected chi connectivity index (χ1v) is 8.66. The highest BCUT2D eigenvalue weighted by Crippen LogP contribution is 2.39. The first-order chi connectivity index (χ1) is 11.6. The number of nitrogens with zero attached hydrogens (tertiary/aromatic N) is 3. The van der Waals surface area contributed by atoms with Crippen molar-refractivity contribution in [3.8, 4) is 0 Å². The number of anilines is 1. The number of fused-ring (bicyclic) bond motifs is 1. The third-order valence-corrected chi connectivity index (χ3v) is 5.23. The van der Waals surface area contributed by atoms with Crippen LogP contribution in [-0.2, 0) is 16.1 Å². The lowest BCUT2D eigenvalue weighted by molar-refractivity contribution is -0.122. The second kappa shape index (κ2) is 6.06. The van der Waals surface area contributed by atoms with E-state index >= 15 is 0 Å². The molecule has 2 fully saturated rings. The van der Waals surface area contributed by atoms with Crippen molar-refractivity contribution >= 4 is 29.1 Å². The SMILES string of the molecule is O=C1[C@H]2CCCC[C@H]2C(=O)N1c1cnn(Cc2ccc(Cl)cc2)c1. The first-order valence-electron chi connectivity index (χ1n) is 8.28. The van der Waals surface area contributed by atoms with E-state index in [1.807, 2.05) is 24.3 Å². The van der Waals surface area contributed by atoms with Crippen LogP contribution >= 0.6 is 11.6 Å². The highest BCUT2D eigenvalue weighted by Gasteiger charge is 2.49. The molecule has 1 aromatic heterocycles. The maximum Gasteiger partial charge on any atom is 0.237 e. The molecule has 0 bridgehead atoms. The monoisotopic (exact) mass is 343 g/mol. The summed E-state index contributed by atoms with van der Waals surface area (Å²) >= 11 is 5.89. The number of aromatic nitrogens is 2. The Labute approximate surface area is 145 Å². The highest BCUT2D eigenvalue weighted by atomic mass is 35.5. The second-order valence-corrected chi connectivity index (χ2v) is 6.97. The van der Waals surface area contributed by atoms with Crippen molar-refractivity contribution in [3.63, 3.8) is 0 Å². The molecule has 0 unspecified atom stereocenters. The summed E-state index contributed by atoms with van der Waals surface area (Å²) < 4.78 is 1.74. The topological polar surface area (TPSA) is 55.2 Å². The van der Waals surface area contributed by atoms with Gasteiger partial charge < -0.3 is 0 Å². The van der Waals surface area contributed by atoms with Crippen LogP contribution in [0.5, 0.6) is 0 Å². The summed E-state index contributed by atoms with van der Waals surface area (Å²) in [7, 11) is 0. The number of carbonyl (C=O) groups is 2. The van der Waals surface area contributed by atoms with E-state index in [4.69, 9.17) is 11.6 Å². The van der Waals surface area contributed by atoms with E-state index in [0.29, 0.717) is 17.3 Å². The Morgan fingerprint density at radius 1 is 1.04 bits per heavy atom. The molecule has 2 aromatic rings. The number of amides is 2. The van der Waals surface area contributed by atoms with Crippen LogP contribution in [-0.4, -0.2) is 21.6 Å². The minimum Gasteiger partial charge on any atom is -0.274 e. The van der Waals surface area contributed by atoms with Crippen LogP contribution in [0, 0.1) is 11.8 Å². The number of hydrogen-bond acceptors (Lipinski definition) is 3. The molecule has 2 amide bonds. The lowest BCUT2D eigenvalue weighted by Gasteiger charge is -2.19. The molecule has 1 aromatic carbocycles. The summed E-state index contributed by atoms with van der Waals surface area (Å²) in [6.07, 6.45) is 7.08. The molecule has 0 N–H and O–H groups in total. The van der Waals surface area contributed by atoms with Gasteiger partial charge in [0.1, 0.15) is 0 Å². The summed E-state index contributed by atoms with van der Waals surface area (Å²) in [5.74, 6) is -0.386. The number of halogens is 1. The van der Waals surface area contributed by atoms with Crippen molar-refractivity contribution in [1.29, 1.82) is 0 Å². The van der Waals surface area contributed by atoms with Crippen molar-refractivity contribution in [2.45, 2.75) is 32.2 Å². The molecule has 124 valence electrons. The largest absolute Gasteiger partial charge is 0.274 e. The summed E-state index contributed by atoms with van der Waals surface area (Å²) in [6, 6.07) is 7.54. The fraction of sp³-hybridized carbons (Fsp3) is 0.389. The van der Waals surface area contributed by atoms with E-state index in [0.717, 1.165) is 31.2 Å². The molecule has 0 radical (unpaired) electrons. The predicted molar refractivity (Wildman–Crippen MR) is 90.7 cm³/mol. The van der Waals surface area contributed by atoms with Gasteiger partial charge in [-0.3, -0.25) is 14.3 Å². The van der Waals surface area contributed by atoms with Crippen LogP contribution in [0.2, 0.25) is 5.02 Å². The average molecular weight is 344 g/mol. The third kappa shape index (κ3) is 2.63. The van der Waals surface area contributed by atoms with Crippen LogP contribution in [0.1, 0.15) is 31.2 Å². The van der Waals surface area contributed by atoms with Crippen molar-refractivity contribution in [3.05, 3.63) is 47.2 Å². The molecule has 6 heteroatoms. The molecular formula is C18H18ClN3O2. The number of carbonyl (C=O) groups excluding carboxylic acids is 2. The number of imide groups is 1. The van der Waals surface area contributed by atoms with Crippen LogP contribution in [0.25, 0.3) is 0 Å². The Morgan fingerprint density at radius 3 is 2.29 bits per heavy atom. The van der Waals surface area contributed by atoms with E-state index in [-0.39, 0.29) is 23.7 Å². The van der Waals surface area contributed by atoms with E-state index < -0.39 is 0 Å². The Hall–Kier alpha value is -2.14. The van der Waals surface area contributed by atoms with Crippen molar-refractivity contribution in [1.82, 2.24) is 9.78 Å². The van der Waals surface area contributed by atoms with Crippen molar-refractivity contribution < 1.29 is 9.59 Å². The fourth-order valence-corrected chi connectivity index (χ4v) is 3.87. The summed E-state index contributed by atoms with van der Waals surface area (Å²) in [4.78, 5) is 26.6. The van der Waals surface area contributed by atoms with Gasteiger partial charge in [0.25, 0.3) is 0 Å². The highest BCUT2D eigenvalue weighted by molar-refractivity contribution is 6.30. The zero-order valence-electron chi connectivity index (χ0n) is 13.2. The number of benzene rings is 1. The van der Waals surface area contributed by atoms with Crippen molar-refractivity contribution in [2.24, 2.45) is 11.8 Å². The minimum atomic E-state index is -0.133. The lowest BCUT2D eigenvalue weighted by Crippen LogP contribution is -2.30. The molecule has 4 rings (SSSR count). The zero-order chi connectivity index (χ0) is 16.7. The van der Waals surface area contributed by atoms with Gasteiger partial charge in [0, 0.05) is 11.2 Å². The molecule has 2 atom stereocenters. The Balaban J connectivity index is 1.55. The van der Waals surface area contributed by atoms with Crippen LogP contribution < -0.4 is 4.90 Å². The Bertz CT molecular complexity index is 760. The average Bonchev–Trinajstić information content (AvgIpc) is 3.14. The molecule has 1 saturated carbocycles. The maximum absolute atomic E-state index is 12.6. The van der Waals surface area contributed by atoms with Gasteiger partial charge in [0.15, 0.2) is 0 Å². The van der Waals surface area contributed by atoms with Gasteiger partial charge in [-0.2, -0.15) is 5.10 Å². The first kappa shape index (κ1) is 15.4. The van der Waals surface area contributed by atoms with Crippen LogP contribution in [0.3, 0.4) is 0 Å². The minimum absolute atomic E-state index is 0.0595. The molecule has 1 aliphatic heterocycles. The molecule has 2 heterocycles. The molecular weight excluding hydrogens is 326 g/mol. The predicted octanol–water partition coefficient (Wildman–Crippen LogP) is 3.26. The molecule has 5 nitrogen and oxygen atoms in total. The smallest absolute Gasteiger partial charge is 0.237 e.